The maximum absolute atomic E-state index is 5.63. The molecule has 2 aromatic heterocycles. The molecule has 9 nitrogen and oxygen atoms in total. The number of hydrogen-bond donors (Lipinski definition) is 2. The number of benzene rings is 1. The van der Waals surface area contributed by atoms with Crippen molar-refractivity contribution in [3.63, 3.8) is 0 Å². The molecule has 0 amide bonds. The van der Waals surface area contributed by atoms with Crippen molar-refractivity contribution in [2.45, 2.75) is 32.1 Å². The molecule has 1 aromatic carbocycles. The Bertz CT molecular complexity index is 1100. The van der Waals surface area contributed by atoms with Crippen LogP contribution in [0.25, 0.3) is 10.9 Å². The van der Waals surface area contributed by atoms with Crippen molar-refractivity contribution < 1.29 is 14.2 Å². The summed E-state index contributed by atoms with van der Waals surface area (Å²) in [7, 11) is 5.12. The van der Waals surface area contributed by atoms with E-state index >= 15 is 0 Å². The number of aromatic nitrogens is 3. The molecule has 1 aliphatic heterocycles. The zero-order valence-electron chi connectivity index (χ0n) is 19.9. The van der Waals surface area contributed by atoms with Crippen LogP contribution < -0.4 is 15.4 Å². The summed E-state index contributed by atoms with van der Waals surface area (Å²) in [4.78, 5) is 16.0. The quantitative estimate of drug-likeness (QED) is 0.480. The first-order valence-electron chi connectivity index (χ1n) is 11.0. The van der Waals surface area contributed by atoms with Gasteiger partial charge in [0.1, 0.15) is 11.3 Å². The van der Waals surface area contributed by atoms with Crippen molar-refractivity contribution in [1.82, 2.24) is 19.9 Å². The van der Waals surface area contributed by atoms with Crippen LogP contribution in [-0.4, -0.2) is 72.5 Å². The number of fused-ring (bicyclic) bond motifs is 1. The Morgan fingerprint density at radius 2 is 1.94 bits per heavy atom. The summed E-state index contributed by atoms with van der Waals surface area (Å²) in [6.45, 7) is 7.40. The molecule has 3 heterocycles. The number of rotatable bonds is 10. The molecule has 0 spiro atoms. The number of likely N-dealkylation sites (tertiary alicyclic amines) is 1. The third kappa shape index (κ3) is 5.50. The van der Waals surface area contributed by atoms with Gasteiger partial charge in [-0.3, -0.25) is 4.90 Å². The molecular weight excluding hydrogens is 420 g/mol. The SMILES string of the molecule is COc1cc(CN2CC(OC)C2)ccc1Nc1ncc2ccnc(NCC(C)(C)OC)c2n1. The molecular formula is C24H32N6O3. The lowest BCUT2D eigenvalue weighted by atomic mass is 10.1. The Hall–Kier alpha value is -3.01. The van der Waals surface area contributed by atoms with Gasteiger partial charge >= 0.3 is 0 Å². The summed E-state index contributed by atoms with van der Waals surface area (Å²) in [5.74, 6) is 1.90. The van der Waals surface area contributed by atoms with Gasteiger partial charge in [0.2, 0.25) is 5.95 Å². The first kappa shape index (κ1) is 23.2. The van der Waals surface area contributed by atoms with Crippen molar-refractivity contribution in [3.05, 3.63) is 42.2 Å². The van der Waals surface area contributed by atoms with Crippen LogP contribution in [0, 0.1) is 0 Å². The van der Waals surface area contributed by atoms with E-state index in [0.29, 0.717) is 24.4 Å². The molecule has 1 saturated heterocycles. The van der Waals surface area contributed by atoms with E-state index in [9.17, 15) is 0 Å². The average Bonchev–Trinajstić information content (AvgIpc) is 2.80. The number of hydrogen-bond acceptors (Lipinski definition) is 9. The van der Waals surface area contributed by atoms with E-state index in [1.54, 1.807) is 33.7 Å². The first-order chi connectivity index (χ1) is 15.9. The fraction of sp³-hybridized carbons (Fsp3) is 0.458. The molecule has 33 heavy (non-hydrogen) atoms. The van der Waals surface area contributed by atoms with Crippen molar-refractivity contribution in [3.8, 4) is 5.75 Å². The lowest BCUT2D eigenvalue weighted by molar-refractivity contribution is -0.0334. The van der Waals surface area contributed by atoms with Crippen LogP contribution in [0.5, 0.6) is 5.75 Å². The second-order valence-corrected chi connectivity index (χ2v) is 8.82. The molecule has 0 aliphatic carbocycles. The minimum atomic E-state index is -0.326. The van der Waals surface area contributed by atoms with Crippen LogP contribution in [0.2, 0.25) is 0 Å². The number of anilines is 3. The average molecular weight is 453 g/mol. The molecule has 0 radical (unpaired) electrons. The molecule has 0 unspecified atom stereocenters. The lowest BCUT2D eigenvalue weighted by Crippen LogP contribution is -2.50. The first-order valence-corrected chi connectivity index (χ1v) is 11.0. The fourth-order valence-corrected chi connectivity index (χ4v) is 3.63. The highest BCUT2D eigenvalue weighted by Gasteiger charge is 2.26. The van der Waals surface area contributed by atoms with Crippen LogP contribution in [0.15, 0.2) is 36.7 Å². The van der Waals surface area contributed by atoms with E-state index in [1.807, 2.05) is 32.0 Å². The highest BCUT2D eigenvalue weighted by molar-refractivity contribution is 5.88. The maximum atomic E-state index is 5.63. The van der Waals surface area contributed by atoms with E-state index in [2.05, 4.69) is 31.6 Å². The van der Waals surface area contributed by atoms with E-state index in [4.69, 9.17) is 19.2 Å². The maximum Gasteiger partial charge on any atom is 0.227 e. The Labute approximate surface area is 194 Å². The number of nitrogens with one attached hydrogen (secondary N) is 2. The predicted molar refractivity (Wildman–Crippen MR) is 129 cm³/mol. The monoisotopic (exact) mass is 452 g/mol. The second-order valence-electron chi connectivity index (χ2n) is 8.82. The largest absolute Gasteiger partial charge is 0.495 e. The smallest absolute Gasteiger partial charge is 0.227 e. The molecule has 1 fully saturated rings. The van der Waals surface area contributed by atoms with Gasteiger partial charge in [0.15, 0.2) is 5.82 Å². The van der Waals surface area contributed by atoms with Gasteiger partial charge in [-0.05, 0) is 37.6 Å². The number of nitrogens with zero attached hydrogens (tertiary/aromatic N) is 4. The third-order valence-electron chi connectivity index (χ3n) is 5.91. The van der Waals surface area contributed by atoms with Crippen molar-refractivity contribution in [2.75, 3.05) is 51.6 Å². The Balaban J connectivity index is 1.51. The van der Waals surface area contributed by atoms with Crippen molar-refractivity contribution in [1.29, 1.82) is 0 Å². The summed E-state index contributed by atoms with van der Waals surface area (Å²) in [6, 6.07) is 8.03. The summed E-state index contributed by atoms with van der Waals surface area (Å²) >= 11 is 0. The standard InChI is InChI=1S/C24H32N6O3/c1-24(2,33-5)15-27-22-21-17(8-9-25-22)11-26-23(29-21)28-19-7-6-16(10-20(19)32-4)12-30-13-18(14-30)31-3/h6-11,18H,12-15H2,1-5H3,(H,25,27)(H,26,28,29). The molecule has 176 valence electrons. The van der Waals surface area contributed by atoms with Gasteiger partial charge in [-0.1, -0.05) is 6.07 Å². The van der Waals surface area contributed by atoms with Gasteiger partial charge in [-0.15, -0.1) is 0 Å². The van der Waals surface area contributed by atoms with E-state index in [1.165, 1.54) is 5.56 Å². The summed E-state index contributed by atoms with van der Waals surface area (Å²) in [5, 5.41) is 7.54. The van der Waals surface area contributed by atoms with E-state index in [-0.39, 0.29) is 5.60 Å². The minimum absolute atomic E-state index is 0.326. The van der Waals surface area contributed by atoms with E-state index < -0.39 is 0 Å². The lowest BCUT2D eigenvalue weighted by Gasteiger charge is -2.38. The molecule has 0 atom stereocenters. The van der Waals surface area contributed by atoms with Gasteiger partial charge in [-0.2, -0.15) is 0 Å². The van der Waals surface area contributed by atoms with Gasteiger partial charge in [0.05, 0.1) is 24.5 Å². The third-order valence-corrected chi connectivity index (χ3v) is 5.91. The summed E-state index contributed by atoms with van der Waals surface area (Å²) < 4.78 is 16.5. The Morgan fingerprint density at radius 1 is 1.12 bits per heavy atom. The van der Waals surface area contributed by atoms with Crippen LogP contribution in [-0.2, 0) is 16.0 Å². The van der Waals surface area contributed by atoms with Crippen LogP contribution in [0.1, 0.15) is 19.4 Å². The zero-order valence-corrected chi connectivity index (χ0v) is 19.9. The molecule has 2 N–H and O–H groups in total. The molecule has 0 bridgehead atoms. The number of ether oxygens (including phenoxy) is 3. The van der Waals surface area contributed by atoms with Gasteiger partial charge in [-0.25, -0.2) is 15.0 Å². The second kappa shape index (κ2) is 9.86. The minimum Gasteiger partial charge on any atom is -0.495 e. The topological polar surface area (TPSA) is 93.7 Å². The molecule has 1 aliphatic rings. The van der Waals surface area contributed by atoms with Crippen LogP contribution >= 0.6 is 0 Å². The highest BCUT2D eigenvalue weighted by atomic mass is 16.5. The molecule has 3 aromatic rings. The predicted octanol–water partition coefficient (Wildman–Crippen LogP) is 3.44. The van der Waals surface area contributed by atoms with Crippen LogP contribution in [0.3, 0.4) is 0 Å². The molecule has 9 heteroatoms. The molecule has 4 rings (SSSR count). The number of methoxy groups -OCH3 is 3. The van der Waals surface area contributed by atoms with Gasteiger partial charge < -0.3 is 24.8 Å². The number of pyridine rings is 1. The van der Waals surface area contributed by atoms with Crippen molar-refractivity contribution >= 4 is 28.4 Å². The summed E-state index contributed by atoms with van der Waals surface area (Å²) in [5.41, 5.74) is 2.40. The Morgan fingerprint density at radius 3 is 2.67 bits per heavy atom. The highest BCUT2D eigenvalue weighted by Crippen LogP contribution is 2.30. The normalized spacial score (nSPS) is 14.8. The van der Waals surface area contributed by atoms with Crippen molar-refractivity contribution in [2.24, 2.45) is 0 Å². The fourth-order valence-electron chi connectivity index (χ4n) is 3.63. The van der Waals surface area contributed by atoms with E-state index in [0.717, 1.165) is 42.0 Å². The zero-order chi connectivity index (χ0) is 23.4. The van der Waals surface area contributed by atoms with Gasteiger partial charge in [0.25, 0.3) is 0 Å². The molecule has 0 saturated carbocycles. The Kier molecular flexibility index (Phi) is 6.92. The van der Waals surface area contributed by atoms with Crippen LogP contribution in [0.4, 0.5) is 17.5 Å². The van der Waals surface area contributed by atoms with Gasteiger partial charge in [0, 0.05) is 58.2 Å². The summed E-state index contributed by atoms with van der Waals surface area (Å²) in [6.07, 6.45) is 3.87.